The number of aromatic nitrogens is 5. The zero-order valence-electron chi connectivity index (χ0n) is 21.0. The molecule has 1 aromatic carbocycles. The highest BCUT2D eigenvalue weighted by molar-refractivity contribution is 5.89. The third-order valence-electron chi connectivity index (χ3n) is 6.90. The fourth-order valence-electron chi connectivity index (χ4n) is 4.78. The lowest BCUT2D eigenvalue weighted by Gasteiger charge is -2.26. The summed E-state index contributed by atoms with van der Waals surface area (Å²) >= 11 is 0. The van der Waals surface area contributed by atoms with Crippen molar-refractivity contribution in [3.63, 3.8) is 0 Å². The van der Waals surface area contributed by atoms with E-state index in [0.717, 1.165) is 30.2 Å². The summed E-state index contributed by atoms with van der Waals surface area (Å²) in [6, 6.07) is 7.04. The molecule has 0 atom stereocenters. The van der Waals surface area contributed by atoms with E-state index >= 15 is 0 Å². The van der Waals surface area contributed by atoms with Gasteiger partial charge in [-0.1, -0.05) is 0 Å². The number of carbonyl (C=O) groups excluding carboxylic acids is 1. The van der Waals surface area contributed by atoms with E-state index in [1.165, 1.54) is 9.13 Å². The summed E-state index contributed by atoms with van der Waals surface area (Å²) in [6.07, 6.45) is 0. The zero-order chi connectivity index (χ0) is 25.6. The van der Waals surface area contributed by atoms with Crippen LogP contribution in [-0.2, 0) is 23.1 Å². The van der Waals surface area contributed by atoms with Gasteiger partial charge >= 0.3 is 11.7 Å². The van der Waals surface area contributed by atoms with Gasteiger partial charge in [0.1, 0.15) is 0 Å². The molecule has 36 heavy (non-hydrogen) atoms. The van der Waals surface area contributed by atoms with Crippen molar-refractivity contribution in [3.05, 3.63) is 62.1 Å². The first-order valence-electron chi connectivity index (χ1n) is 12.1. The van der Waals surface area contributed by atoms with E-state index in [0.29, 0.717) is 55.4 Å². The van der Waals surface area contributed by atoms with Gasteiger partial charge in [0, 0.05) is 50.3 Å². The number of nitrogens with zero attached hydrogens (tertiary/aromatic N) is 6. The summed E-state index contributed by atoms with van der Waals surface area (Å²) in [6.45, 7) is 9.71. The van der Waals surface area contributed by atoms with Gasteiger partial charge in [-0.25, -0.2) is 9.59 Å². The second-order valence-electron chi connectivity index (χ2n) is 8.95. The summed E-state index contributed by atoms with van der Waals surface area (Å²) in [5.74, 6) is 0.149. The summed E-state index contributed by atoms with van der Waals surface area (Å²) < 4.78 is 16.9. The third kappa shape index (κ3) is 3.84. The molecule has 0 amide bonds. The number of esters is 1. The number of benzene rings is 1. The Kier molecular flexibility index (Phi) is 6.27. The lowest BCUT2D eigenvalue weighted by Crippen LogP contribution is -2.44. The standard InChI is InChI=1S/C25H30N6O5/c1-5-36-23(33)18-6-8-19(9-7-18)30-16(2)17(3)31-20-21(26-24(30)31)27(4)25(34)29(22(20)32)11-10-28-12-14-35-15-13-28/h6-9H,5,10-15H2,1-4H3. The Balaban J connectivity index is 1.63. The first kappa shape index (κ1) is 24.0. The predicted molar refractivity (Wildman–Crippen MR) is 134 cm³/mol. The van der Waals surface area contributed by atoms with E-state index in [4.69, 9.17) is 14.5 Å². The number of aryl methyl sites for hydroxylation is 2. The second kappa shape index (κ2) is 9.40. The Labute approximate surface area is 207 Å². The minimum absolute atomic E-state index is 0.294. The van der Waals surface area contributed by atoms with Crippen molar-refractivity contribution < 1.29 is 14.3 Å². The highest BCUT2D eigenvalue weighted by Gasteiger charge is 2.24. The van der Waals surface area contributed by atoms with Gasteiger partial charge in [0.15, 0.2) is 11.2 Å². The number of rotatable bonds is 6. The van der Waals surface area contributed by atoms with Crippen LogP contribution in [0.25, 0.3) is 22.6 Å². The molecule has 190 valence electrons. The minimum atomic E-state index is -0.388. The largest absolute Gasteiger partial charge is 0.462 e. The highest BCUT2D eigenvalue weighted by Crippen LogP contribution is 2.25. The molecule has 11 nitrogen and oxygen atoms in total. The van der Waals surface area contributed by atoms with Gasteiger partial charge in [-0.2, -0.15) is 4.98 Å². The molecule has 5 rings (SSSR count). The maximum Gasteiger partial charge on any atom is 0.338 e. The van der Waals surface area contributed by atoms with Crippen molar-refractivity contribution in [1.29, 1.82) is 0 Å². The van der Waals surface area contributed by atoms with E-state index in [1.807, 2.05) is 34.9 Å². The van der Waals surface area contributed by atoms with Crippen LogP contribution in [0.15, 0.2) is 33.9 Å². The second-order valence-corrected chi connectivity index (χ2v) is 8.95. The number of fused-ring (bicyclic) bond motifs is 3. The van der Waals surface area contributed by atoms with Crippen LogP contribution in [0.3, 0.4) is 0 Å². The number of ether oxygens (including phenoxy) is 2. The van der Waals surface area contributed by atoms with Crippen LogP contribution >= 0.6 is 0 Å². The van der Waals surface area contributed by atoms with Gasteiger partial charge in [-0.15, -0.1) is 0 Å². The van der Waals surface area contributed by atoms with Crippen LogP contribution in [0.2, 0.25) is 0 Å². The average molecular weight is 495 g/mol. The van der Waals surface area contributed by atoms with E-state index < -0.39 is 0 Å². The Bertz CT molecular complexity index is 1570. The third-order valence-corrected chi connectivity index (χ3v) is 6.90. The molecule has 1 saturated heterocycles. The maximum atomic E-state index is 13.6. The van der Waals surface area contributed by atoms with Gasteiger partial charge in [0.05, 0.1) is 25.4 Å². The van der Waals surface area contributed by atoms with Gasteiger partial charge in [-0.3, -0.25) is 27.8 Å². The van der Waals surface area contributed by atoms with E-state index in [2.05, 4.69) is 4.90 Å². The Hall–Kier alpha value is -3.70. The normalized spacial score (nSPS) is 14.7. The van der Waals surface area contributed by atoms with E-state index in [9.17, 15) is 14.4 Å². The molecular weight excluding hydrogens is 464 g/mol. The summed E-state index contributed by atoms with van der Waals surface area (Å²) in [7, 11) is 1.64. The van der Waals surface area contributed by atoms with Crippen LogP contribution in [0.5, 0.6) is 0 Å². The molecule has 0 bridgehead atoms. The summed E-state index contributed by atoms with van der Waals surface area (Å²) in [4.78, 5) is 45.7. The summed E-state index contributed by atoms with van der Waals surface area (Å²) in [5.41, 5.74) is 2.95. The monoisotopic (exact) mass is 494 g/mol. The molecule has 0 saturated carbocycles. The SMILES string of the molecule is CCOC(=O)c1ccc(-n2c(C)c(C)n3c4c(=O)n(CCN5CCOCC5)c(=O)n(C)c4nc23)cc1. The Morgan fingerprint density at radius 1 is 1.06 bits per heavy atom. The smallest absolute Gasteiger partial charge is 0.338 e. The molecule has 1 aliphatic heterocycles. The molecule has 0 N–H and O–H groups in total. The fraction of sp³-hybridized carbons (Fsp3) is 0.440. The Morgan fingerprint density at radius 2 is 1.75 bits per heavy atom. The molecule has 1 aliphatic rings. The van der Waals surface area contributed by atoms with Gasteiger partial charge < -0.3 is 9.47 Å². The van der Waals surface area contributed by atoms with Crippen LogP contribution in [0.1, 0.15) is 28.7 Å². The van der Waals surface area contributed by atoms with E-state index in [1.54, 1.807) is 26.1 Å². The van der Waals surface area contributed by atoms with Crippen LogP contribution in [0, 0.1) is 13.8 Å². The van der Waals surface area contributed by atoms with Crippen molar-refractivity contribution in [1.82, 2.24) is 28.0 Å². The number of carbonyl (C=O) groups is 1. The Morgan fingerprint density at radius 3 is 2.42 bits per heavy atom. The van der Waals surface area contributed by atoms with Crippen LogP contribution in [0.4, 0.5) is 0 Å². The van der Waals surface area contributed by atoms with Gasteiger partial charge in [-0.05, 0) is 45.0 Å². The molecule has 4 heterocycles. The molecule has 0 radical (unpaired) electrons. The minimum Gasteiger partial charge on any atom is -0.462 e. The number of hydrogen-bond acceptors (Lipinski definition) is 7. The molecule has 0 aliphatic carbocycles. The zero-order valence-corrected chi connectivity index (χ0v) is 21.0. The lowest BCUT2D eigenvalue weighted by atomic mass is 10.2. The molecule has 11 heteroatoms. The van der Waals surface area contributed by atoms with Crippen molar-refractivity contribution in [3.8, 4) is 5.69 Å². The topological polar surface area (TPSA) is 105 Å². The van der Waals surface area contributed by atoms with Gasteiger partial charge in [0.25, 0.3) is 5.56 Å². The van der Waals surface area contributed by atoms with Gasteiger partial charge in [0.2, 0.25) is 5.78 Å². The van der Waals surface area contributed by atoms with Crippen molar-refractivity contribution >= 4 is 22.9 Å². The lowest BCUT2D eigenvalue weighted by molar-refractivity contribution is 0.0361. The maximum absolute atomic E-state index is 13.6. The quantitative estimate of drug-likeness (QED) is 0.372. The highest BCUT2D eigenvalue weighted by atomic mass is 16.5. The average Bonchev–Trinajstić information content (AvgIpc) is 3.38. The predicted octanol–water partition coefficient (Wildman–Crippen LogP) is 1.26. The summed E-state index contributed by atoms with van der Waals surface area (Å²) in [5, 5.41) is 0. The molecule has 3 aromatic heterocycles. The molecular formula is C25H30N6O5. The number of imidazole rings is 2. The van der Waals surface area contributed by atoms with Crippen molar-refractivity contribution in [2.45, 2.75) is 27.3 Å². The van der Waals surface area contributed by atoms with E-state index in [-0.39, 0.29) is 17.2 Å². The van der Waals surface area contributed by atoms with Crippen molar-refractivity contribution in [2.75, 3.05) is 39.5 Å². The van der Waals surface area contributed by atoms with Crippen LogP contribution < -0.4 is 11.2 Å². The molecule has 4 aromatic rings. The van der Waals surface area contributed by atoms with Crippen molar-refractivity contribution in [2.24, 2.45) is 7.05 Å². The number of hydrogen-bond donors (Lipinski definition) is 0. The molecule has 0 unspecified atom stereocenters. The molecule has 0 spiro atoms. The fourth-order valence-corrected chi connectivity index (χ4v) is 4.78. The first-order chi connectivity index (χ1) is 17.3. The van der Waals surface area contributed by atoms with Crippen LogP contribution in [-0.4, -0.2) is 73.4 Å². The molecule has 1 fully saturated rings. The number of morpholine rings is 1. The first-order valence-corrected chi connectivity index (χ1v) is 12.1.